The highest BCUT2D eigenvalue weighted by atomic mass is 32.1. The van der Waals surface area contributed by atoms with Gasteiger partial charge >= 0.3 is 6.09 Å². The number of aromatic nitrogens is 1. The number of aliphatic imine (C=N–C) groups is 1. The minimum Gasteiger partial charge on any atom is -0.449 e. The van der Waals surface area contributed by atoms with E-state index in [1.54, 1.807) is 6.07 Å². The molecule has 0 unspecified atom stereocenters. The lowest BCUT2D eigenvalue weighted by molar-refractivity contribution is -0.124. The number of rotatable bonds is 12. The first-order valence-corrected chi connectivity index (χ1v) is 14.6. The summed E-state index contributed by atoms with van der Waals surface area (Å²) in [5, 5.41) is 15.3. The summed E-state index contributed by atoms with van der Waals surface area (Å²) in [6.07, 6.45) is -0.262. The standard InChI is InChI=1S/C31H32N6O5S/c32-30(33)34-15-7-13-24(27(39)29-36-23-12-5-6-14-26(23)43-29)35-28(40)25(16-38)37-31(41)42-17-22-20-10-3-1-8-18(20)19-9-2-4-11-21(19)22/h1-6,8-12,14,22,24-25,38H,7,13,15-17H2,(H,35,40)(H,37,41)(H4,32,33,34)/t24-,25-/m0/s1. The lowest BCUT2D eigenvalue weighted by atomic mass is 9.98. The average Bonchev–Trinajstić information content (AvgIpc) is 3.59. The number of nitrogens with two attached hydrogens (primary N) is 2. The van der Waals surface area contributed by atoms with Gasteiger partial charge in [0.1, 0.15) is 12.6 Å². The summed E-state index contributed by atoms with van der Waals surface area (Å²) in [5.74, 6) is -1.37. The summed E-state index contributed by atoms with van der Waals surface area (Å²) < 4.78 is 6.36. The fraction of sp³-hybridized carbons (Fsp3) is 0.258. The number of nitrogens with one attached hydrogen (secondary N) is 2. The van der Waals surface area contributed by atoms with Crippen LogP contribution in [0.5, 0.6) is 0 Å². The van der Waals surface area contributed by atoms with Gasteiger partial charge in [-0.1, -0.05) is 60.7 Å². The maximum absolute atomic E-state index is 13.4. The molecule has 2 amide bonds. The molecule has 1 aliphatic carbocycles. The summed E-state index contributed by atoms with van der Waals surface area (Å²) in [5.41, 5.74) is 15.7. The highest BCUT2D eigenvalue weighted by Gasteiger charge is 2.31. The van der Waals surface area contributed by atoms with Gasteiger partial charge in [-0.3, -0.25) is 14.6 Å². The molecule has 0 fully saturated rings. The van der Waals surface area contributed by atoms with Gasteiger partial charge in [0.25, 0.3) is 0 Å². The van der Waals surface area contributed by atoms with Gasteiger partial charge in [0.15, 0.2) is 11.0 Å². The van der Waals surface area contributed by atoms with Crippen molar-refractivity contribution in [2.24, 2.45) is 16.5 Å². The highest BCUT2D eigenvalue weighted by Crippen LogP contribution is 2.44. The van der Waals surface area contributed by atoms with Crippen molar-refractivity contribution in [3.05, 3.63) is 88.9 Å². The molecule has 222 valence electrons. The number of hydrogen-bond donors (Lipinski definition) is 5. The van der Waals surface area contributed by atoms with Crippen LogP contribution in [0.15, 0.2) is 77.8 Å². The number of alkyl carbamates (subject to hydrolysis) is 1. The lowest BCUT2D eigenvalue weighted by Gasteiger charge is -2.21. The van der Waals surface area contributed by atoms with Gasteiger partial charge in [0, 0.05) is 12.5 Å². The fourth-order valence-electron chi connectivity index (χ4n) is 5.15. The van der Waals surface area contributed by atoms with E-state index in [0.717, 1.165) is 27.0 Å². The van der Waals surface area contributed by atoms with Gasteiger partial charge in [0.2, 0.25) is 11.7 Å². The van der Waals surface area contributed by atoms with E-state index >= 15 is 0 Å². The normalized spacial score (nSPS) is 13.4. The van der Waals surface area contributed by atoms with Crippen LogP contribution < -0.4 is 22.1 Å². The largest absolute Gasteiger partial charge is 0.449 e. The van der Waals surface area contributed by atoms with Crippen LogP contribution >= 0.6 is 11.3 Å². The number of amides is 2. The molecule has 0 saturated heterocycles. The molecule has 12 heteroatoms. The Kier molecular flexibility index (Phi) is 9.28. The van der Waals surface area contributed by atoms with Gasteiger partial charge in [-0.05, 0) is 47.2 Å². The predicted octanol–water partition coefficient (Wildman–Crippen LogP) is 2.92. The molecule has 2 atom stereocenters. The van der Waals surface area contributed by atoms with Crippen molar-refractivity contribution in [1.82, 2.24) is 15.6 Å². The number of ketones is 1. The number of guanidine groups is 1. The third-order valence-corrected chi connectivity index (χ3v) is 8.27. The zero-order chi connectivity index (χ0) is 30.3. The molecule has 0 spiro atoms. The minimum atomic E-state index is -1.35. The van der Waals surface area contributed by atoms with E-state index in [2.05, 4.69) is 20.6 Å². The van der Waals surface area contributed by atoms with E-state index < -0.39 is 36.5 Å². The first kappa shape index (κ1) is 29.7. The van der Waals surface area contributed by atoms with Gasteiger partial charge in [-0.15, -0.1) is 11.3 Å². The Morgan fingerprint density at radius 3 is 2.23 bits per heavy atom. The number of Topliss-reactive ketones (excluding diaryl/α,β-unsaturated/α-hetero) is 1. The maximum Gasteiger partial charge on any atom is 0.407 e. The van der Waals surface area contributed by atoms with Crippen molar-refractivity contribution >= 4 is 45.3 Å². The van der Waals surface area contributed by atoms with E-state index in [0.29, 0.717) is 11.9 Å². The van der Waals surface area contributed by atoms with Crippen molar-refractivity contribution in [3.8, 4) is 11.1 Å². The van der Waals surface area contributed by atoms with Crippen molar-refractivity contribution < 1.29 is 24.2 Å². The Morgan fingerprint density at radius 2 is 1.58 bits per heavy atom. The van der Waals surface area contributed by atoms with E-state index in [-0.39, 0.29) is 36.5 Å². The second-order valence-corrected chi connectivity index (χ2v) is 11.1. The first-order chi connectivity index (χ1) is 20.9. The lowest BCUT2D eigenvalue weighted by Crippen LogP contribution is -2.53. The van der Waals surface area contributed by atoms with Crippen LogP contribution in [0.4, 0.5) is 4.79 Å². The third-order valence-electron chi connectivity index (χ3n) is 7.22. The summed E-state index contributed by atoms with van der Waals surface area (Å²) in [4.78, 5) is 47.7. The average molecular weight is 601 g/mol. The topological polar surface area (TPSA) is 182 Å². The smallest absolute Gasteiger partial charge is 0.407 e. The Morgan fingerprint density at radius 1 is 0.930 bits per heavy atom. The second-order valence-electron chi connectivity index (χ2n) is 10.1. The van der Waals surface area contributed by atoms with Crippen LogP contribution in [-0.4, -0.2) is 65.7 Å². The zero-order valence-corrected chi connectivity index (χ0v) is 24.0. The molecular weight excluding hydrogens is 568 g/mol. The van der Waals surface area contributed by atoms with E-state index in [1.165, 1.54) is 11.3 Å². The predicted molar refractivity (Wildman–Crippen MR) is 165 cm³/mol. The number of aliphatic hydroxyl groups excluding tert-OH is 1. The van der Waals surface area contributed by atoms with Crippen molar-refractivity contribution in [3.63, 3.8) is 0 Å². The number of nitrogens with zero attached hydrogens (tertiary/aromatic N) is 2. The molecule has 0 radical (unpaired) electrons. The third kappa shape index (κ3) is 6.82. The number of ether oxygens (including phenoxy) is 1. The number of hydrogen-bond acceptors (Lipinski definition) is 8. The molecule has 1 aliphatic rings. The summed E-state index contributed by atoms with van der Waals surface area (Å²) in [7, 11) is 0. The molecule has 4 aromatic rings. The Bertz CT molecular complexity index is 1590. The van der Waals surface area contributed by atoms with E-state index in [9.17, 15) is 19.5 Å². The van der Waals surface area contributed by atoms with Gasteiger partial charge in [-0.25, -0.2) is 9.78 Å². The van der Waals surface area contributed by atoms with Crippen LogP contribution in [-0.2, 0) is 9.53 Å². The summed E-state index contributed by atoms with van der Waals surface area (Å²) in [6.45, 7) is -0.404. The molecule has 1 heterocycles. The quantitative estimate of drug-likeness (QED) is 0.0712. The SMILES string of the molecule is NC(N)=NCCC[C@H](NC(=O)[C@H](CO)NC(=O)OCC1c2ccccc2-c2ccccc21)C(=O)c1nc2ccccc2s1. The van der Waals surface area contributed by atoms with Gasteiger partial charge in [-0.2, -0.15) is 0 Å². The second kappa shape index (κ2) is 13.4. The molecule has 1 aromatic heterocycles. The summed E-state index contributed by atoms with van der Waals surface area (Å²) in [6, 6.07) is 20.9. The Balaban J connectivity index is 1.23. The Labute approximate surface area is 252 Å². The molecule has 3 aromatic carbocycles. The van der Waals surface area contributed by atoms with Gasteiger partial charge < -0.3 is 31.9 Å². The highest BCUT2D eigenvalue weighted by molar-refractivity contribution is 7.20. The van der Waals surface area contributed by atoms with Crippen LogP contribution in [0.3, 0.4) is 0 Å². The molecular formula is C31H32N6O5S. The minimum absolute atomic E-state index is 0.0448. The maximum atomic E-state index is 13.4. The van der Waals surface area contributed by atoms with Crippen molar-refractivity contribution in [1.29, 1.82) is 0 Å². The zero-order valence-electron chi connectivity index (χ0n) is 23.2. The number of thiazole rings is 1. The number of benzene rings is 3. The number of para-hydroxylation sites is 1. The van der Waals surface area contributed by atoms with Crippen molar-refractivity contribution in [2.45, 2.75) is 30.8 Å². The van der Waals surface area contributed by atoms with Crippen LogP contribution in [0.25, 0.3) is 21.3 Å². The van der Waals surface area contributed by atoms with Crippen LogP contribution in [0.2, 0.25) is 0 Å². The fourth-order valence-corrected chi connectivity index (χ4v) is 6.11. The molecule has 11 nitrogen and oxygen atoms in total. The van der Waals surface area contributed by atoms with Crippen LogP contribution in [0.1, 0.15) is 39.7 Å². The van der Waals surface area contributed by atoms with Gasteiger partial charge in [0.05, 0.1) is 22.9 Å². The monoisotopic (exact) mass is 600 g/mol. The Hall–Kier alpha value is -4.81. The summed E-state index contributed by atoms with van der Waals surface area (Å²) >= 11 is 1.22. The van der Waals surface area contributed by atoms with Crippen LogP contribution in [0, 0.1) is 0 Å². The molecule has 43 heavy (non-hydrogen) atoms. The molecule has 0 aliphatic heterocycles. The molecule has 0 bridgehead atoms. The number of aliphatic hydroxyl groups is 1. The van der Waals surface area contributed by atoms with Crippen molar-refractivity contribution in [2.75, 3.05) is 19.8 Å². The van der Waals surface area contributed by atoms with E-state index in [4.69, 9.17) is 16.2 Å². The molecule has 5 rings (SSSR count). The first-order valence-electron chi connectivity index (χ1n) is 13.8. The molecule has 0 saturated carbocycles. The number of carbonyl (C=O) groups excluding carboxylic acids is 3. The van der Waals surface area contributed by atoms with E-state index in [1.807, 2.05) is 66.7 Å². The molecule has 7 N–H and O–H groups in total. The number of carbonyl (C=O) groups is 3. The number of fused-ring (bicyclic) bond motifs is 4.